The van der Waals surface area contributed by atoms with E-state index in [1.807, 2.05) is 4.90 Å². The van der Waals surface area contributed by atoms with Crippen molar-refractivity contribution < 1.29 is 4.79 Å². The van der Waals surface area contributed by atoms with Crippen molar-refractivity contribution in [2.75, 3.05) is 13.1 Å². The van der Waals surface area contributed by atoms with Crippen LogP contribution in [0.25, 0.3) is 0 Å². The molecule has 0 radical (unpaired) electrons. The van der Waals surface area contributed by atoms with Gasteiger partial charge in [0.15, 0.2) is 0 Å². The number of carbonyl (C=O) groups is 1. The predicted molar refractivity (Wildman–Crippen MR) is 84.8 cm³/mol. The van der Waals surface area contributed by atoms with Gasteiger partial charge in [0.05, 0.1) is 5.54 Å². The normalized spacial score (nSPS) is 17.0. The molecule has 3 N–H and O–H groups in total. The Kier molecular flexibility index (Phi) is 7.35. The van der Waals surface area contributed by atoms with Crippen LogP contribution in [0.3, 0.4) is 0 Å². The van der Waals surface area contributed by atoms with E-state index in [0.29, 0.717) is 12.6 Å². The molecule has 1 aliphatic rings. The molecule has 1 aliphatic carbocycles. The van der Waals surface area contributed by atoms with Crippen molar-refractivity contribution in [3.8, 4) is 0 Å². The summed E-state index contributed by atoms with van der Waals surface area (Å²) in [6.45, 7) is 7.71. The second-order valence-corrected chi connectivity index (χ2v) is 6.07. The summed E-state index contributed by atoms with van der Waals surface area (Å²) < 4.78 is 0. The summed E-state index contributed by atoms with van der Waals surface area (Å²) >= 11 is 0. The molecule has 118 valence electrons. The first kappa shape index (κ1) is 17.3. The van der Waals surface area contributed by atoms with Crippen LogP contribution in [-0.2, 0) is 0 Å². The summed E-state index contributed by atoms with van der Waals surface area (Å²) in [5.74, 6) is 0. The SMILES string of the molecule is CCCN(C(=O)NC1CCCCC1)C(CC)(CC)CN. The third kappa shape index (κ3) is 4.11. The first-order chi connectivity index (χ1) is 9.63. The first-order valence-electron chi connectivity index (χ1n) is 8.41. The lowest BCUT2D eigenvalue weighted by Crippen LogP contribution is -2.59. The average molecular weight is 283 g/mol. The monoisotopic (exact) mass is 283 g/mol. The van der Waals surface area contributed by atoms with Gasteiger partial charge in [-0.15, -0.1) is 0 Å². The van der Waals surface area contributed by atoms with Crippen LogP contribution in [0.15, 0.2) is 0 Å². The summed E-state index contributed by atoms with van der Waals surface area (Å²) in [7, 11) is 0. The van der Waals surface area contributed by atoms with Crippen LogP contribution in [0.4, 0.5) is 4.79 Å². The lowest BCUT2D eigenvalue weighted by molar-refractivity contribution is 0.104. The van der Waals surface area contributed by atoms with Gasteiger partial charge in [-0.25, -0.2) is 4.79 Å². The Morgan fingerprint density at radius 2 is 1.80 bits per heavy atom. The largest absolute Gasteiger partial charge is 0.335 e. The van der Waals surface area contributed by atoms with Crippen molar-refractivity contribution in [1.29, 1.82) is 0 Å². The highest BCUT2D eigenvalue weighted by atomic mass is 16.2. The molecule has 20 heavy (non-hydrogen) atoms. The van der Waals surface area contributed by atoms with Gasteiger partial charge >= 0.3 is 6.03 Å². The minimum absolute atomic E-state index is 0.0906. The molecule has 0 aromatic carbocycles. The van der Waals surface area contributed by atoms with Gasteiger partial charge in [-0.2, -0.15) is 0 Å². The third-order valence-electron chi connectivity index (χ3n) is 4.89. The Morgan fingerprint density at radius 1 is 1.20 bits per heavy atom. The summed E-state index contributed by atoms with van der Waals surface area (Å²) in [6.07, 6.45) is 8.83. The van der Waals surface area contributed by atoms with Crippen LogP contribution < -0.4 is 11.1 Å². The molecule has 1 saturated carbocycles. The molecular weight excluding hydrogens is 250 g/mol. The molecule has 0 bridgehead atoms. The lowest BCUT2D eigenvalue weighted by Gasteiger charge is -2.43. The highest BCUT2D eigenvalue weighted by Crippen LogP contribution is 2.24. The number of nitrogens with one attached hydrogen (secondary N) is 1. The quantitative estimate of drug-likeness (QED) is 0.753. The second kappa shape index (κ2) is 8.50. The van der Waals surface area contributed by atoms with E-state index < -0.39 is 0 Å². The molecule has 1 fully saturated rings. The fraction of sp³-hybridized carbons (Fsp3) is 0.938. The number of hydrogen-bond acceptors (Lipinski definition) is 2. The summed E-state index contributed by atoms with van der Waals surface area (Å²) in [5.41, 5.74) is 5.82. The molecule has 0 aliphatic heterocycles. The van der Waals surface area contributed by atoms with Gasteiger partial charge in [-0.1, -0.05) is 40.0 Å². The highest BCUT2D eigenvalue weighted by Gasteiger charge is 2.35. The zero-order valence-electron chi connectivity index (χ0n) is 13.6. The molecule has 0 saturated heterocycles. The van der Waals surface area contributed by atoms with Gasteiger partial charge in [0.2, 0.25) is 0 Å². The minimum atomic E-state index is -0.186. The number of amides is 2. The van der Waals surface area contributed by atoms with Gasteiger partial charge in [0.25, 0.3) is 0 Å². The Hall–Kier alpha value is -0.770. The van der Waals surface area contributed by atoms with Crippen molar-refractivity contribution in [2.24, 2.45) is 5.73 Å². The van der Waals surface area contributed by atoms with E-state index in [-0.39, 0.29) is 11.6 Å². The first-order valence-corrected chi connectivity index (χ1v) is 8.41. The number of rotatable bonds is 7. The third-order valence-corrected chi connectivity index (χ3v) is 4.89. The molecule has 0 unspecified atom stereocenters. The van der Waals surface area contributed by atoms with Gasteiger partial charge < -0.3 is 16.0 Å². The molecule has 1 rings (SSSR count). The van der Waals surface area contributed by atoms with Gasteiger partial charge in [0, 0.05) is 19.1 Å². The summed E-state index contributed by atoms with van der Waals surface area (Å²) in [6, 6.07) is 0.452. The Labute approximate surface area is 124 Å². The smallest absolute Gasteiger partial charge is 0.318 e. The zero-order valence-corrected chi connectivity index (χ0v) is 13.6. The molecule has 2 amide bonds. The van der Waals surface area contributed by atoms with Gasteiger partial charge in [-0.05, 0) is 32.1 Å². The van der Waals surface area contributed by atoms with E-state index in [4.69, 9.17) is 5.73 Å². The molecule has 0 spiro atoms. The van der Waals surface area contributed by atoms with E-state index in [0.717, 1.165) is 38.6 Å². The topological polar surface area (TPSA) is 58.4 Å². The molecule has 0 heterocycles. The number of nitrogens with zero attached hydrogens (tertiary/aromatic N) is 1. The molecule has 4 heteroatoms. The Balaban J connectivity index is 2.74. The Morgan fingerprint density at radius 3 is 2.25 bits per heavy atom. The molecule has 4 nitrogen and oxygen atoms in total. The minimum Gasteiger partial charge on any atom is -0.335 e. The number of carbonyl (C=O) groups excluding carboxylic acids is 1. The van der Waals surface area contributed by atoms with Crippen molar-refractivity contribution in [1.82, 2.24) is 10.2 Å². The highest BCUT2D eigenvalue weighted by molar-refractivity contribution is 5.75. The number of urea groups is 1. The van der Waals surface area contributed by atoms with Gasteiger partial charge in [0.1, 0.15) is 0 Å². The average Bonchev–Trinajstić information content (AvgIpc) is 2.49. The maximum absolute atomic E-state index is 12.7. The Bertz CT molecular complexity index is 275. The van der Waals surface area contributed by atoms with E-state index in [9.17, 15) is 4.79 Å². The molecule has 0 aromatic heterocycles. The van der Waals surface area contributed by atoms with Crippen molar-refractivity contribution >= 4 is 6.03 Å². The fourth-order valence-electron chi connectivity index (χ4n) is 3.31. The maximum atomic E-state index is 12.7. The van der Waals surface area contributed by atoms with E-state index >= 15 is 0 Å². The van der Waals surface area contributed by atoms with Crippen LogP contribution in [0.1, 0.15) is 72.1 Å². The predicted octanol–water partition coefficient (Wildman–Crippen LogP) is 3.26. The molecule has 0 aromatic rings. The van der Waals surface area contributed by atoms with Crippen LogP contribution >= 0.6 is 0 Å². The fourth-order valence-corrected chi connectivity index (χ4v) is 3.31. The zero-order chi connectivity index (χ0) is 15.0. The van der Waals surface area contributed by atoms with Crippen molar-refractivity contribution in [3.05, 3.63) is 0 Å². The standard InChI is InChI=1S/C16H33N3O/c1-4-12-19(16(5-2,6-3)13-17)15(20)18-14-10-8-7-9-11-14/h14H,4-13,17H2,1-3H3,(H,18,20). The lowest BCUT2D eigenvalue weighted by atomic mass is 9.90. The second-order valence-electron chi connectivity index (χ2n) is 6.07. The molecular formula is C16H33N3O. The van der Waals surface area contributed by atoms with Crippen molar-refractivity contribution in [2.45, 2.75) is 83.7 Å². The number of nitrogens with two attached hydrogens (primary N) is 1. The van der Waals surface area contributed by atoms with Gasteiger partial charge in [-0.3, -0.25) is 0 Å². The van der Waals surface area contributed by atoms with Crippen molar-refractivity contribution in [3.63, 3.8) is 0 Å². The van der Waals surface area contributed by atoms with Crippen LogP contribution in [0.2, 0.25) is 0 Å². The number of hydrogen-bond donors (Lipinski definition) is 2. The van der Waals surface area contributed by atoms with E-state index in [1.54, 1.807) is 0 Å². The van der Waals surface area contributed by atoms with E-state index in [1.165, 1.54) is 19.3 Å². The maximum Gasteiger partial charge on any atom is 0.318 e. The van der Waals surface area contributed by atoms with Crippen LogP contribution in [-0.4, -0.2) is 35.6 Å². The van der Waals surface area contributed by atoms with Crippen LogP contribution in [0.5, 0.6) is 0 Å². The van der Waals surface area contributed by atoms with E-state index in [2.05, 4.69) is 26.1 Å². The van der Waals surface area contributed by atoms with Crippen LogP contribution in [0, 0.1) is 0 Å². The summed E-state index contributed by atoms with van der Waals surface area (Å²) in [5, 5.41) is 3.24. The summed E-state index contributed by atoms with van der Waals surface area (Å²) in [4.78, 5) is 14.7. The molecule has 0 atom stereocenters.